The van der Waals surface area contributed by atoms with Gasteiger partial charge in [0.2, 0.25) is 5.95 Å². The molecule has 160 valence electrons. The van der Waals surface area contributed by atoms with E-state index in [4.69, 9.17) is 15.2 Å². The molecule has 3 rings (SSSR count). The maximum atomic E-state index is 13.0. The smallest absolute Gasteiger partial charge is 0.337 e. The summed E-state index contributed by atoms with van der Waals surface area (Å²) < 4.78 is 10.6. The van der Waals surface area contributed by atoms with E-state index in [1.165, 1.54) is 7.11 Å². The van der Waals surface area contributed by atoms with Gasteiger partial charge in [-0.15, -0.1) is 0 Å². The number of nitrogen functional groups attached to an aromatic ring is 1. The highest BCUT2D eigenvalue weighted by atomic mass is 16.5. The van der Waals surface area contributed by atoms with Crippen molar-refractivity contribution in [2.45, 2.75) is 38.7 Å². The summed E-state index contributed by atoms with van der Waals surface area (Å²) in [7, 11) is 1.31. The van der Waals surface area contributed by atoms with Gasteiger partial charge in [-0.3, -0.25) is 0 Å². The number of ether oxygens (including phenoxy) is 2. The highest BCUT2D eigenvalue weighted by Gasteiger charge is 2.26. The molecule has 0 radical (unpaired) electrons. The summed E-state index contributed by atoms with van der Waals surface area (Å²) in [6, 6.07) is 6.39. The second-order valence-electron chi connectivity index (χ2n) is 7.42. The third-order valence-electron chi connectivity index (χ3n) is 4.83. The number of amides is 2. The molecule has 0 bridgehead atoms. The fraction of sp³-hybridized carbons (Fsp3) is 0.429. The van der Waals surface area contributed by atoms with Crippen LogP contribution in [0.2, 0.25) is 0 Å². The van der Waals surface area contributed by atoms with Gasteiger partial charge in [0.05, 0.1) is 30.2 Å². The lowest BCUT2D eigenvalue weighted by molar-refractivity contribution is 0.0600. The van der Waals surface area contributed by atoms with Crippen LogP contribution in [0.5, 0.6) is 5.75 Å². The Labute approximate surface area is 175 Å². The van der Waals surface area contributed by atoms with Crippen molar-refractivity contribution in [3.05, 3.63) is 41.7 Å². The molecule has 3 N–H and O–H groups in total. The van der Waals surface area contributed by atoms with E-state index in [1.54, 1.807) is 29.3 Å². The minimum absolute atomic E-state index is 0.0857. The zero-order valence-corrected chi connectivity index (χ0v) is 17.4. The number of hydrogen-bond donors (Lipinski definition) is 2. The van der Waals surface area contributed by atoms with Crippen LogP contribution in [0.3, 0.4) is 0 Å². The van der Waals surface area contributed by atoms with Crippen molar-refractivity contribution in [1.82, 2.24) is 14.9 Å². The van der Waals surface area contributed by atoms with Gasteiger partial charge in [-0.2, -0.15) is 0 Å². The van der Waals surface area contributed by atoms with E-state index in [-0.39, 0.29) is 24.0 Å². The first-order chi connectivity index (χ1) is 14.4. The van der Waals surface area contributed by atoms with Crippen molar-refractivity contribution in [3.63, 3.8) is 0 Å². The van der Waals surface area contributed by atoms with E-state index >= 15 is 0 Å². The number of hydrogen-bond acceptors (Lipinski definition) is 7. The van der Waals surface area contributed by atoms with E-state index in [2.05, 4.69) is 15.3 Å². The molecule has 1 aliphatic heterocycles. The normalized spacial score (nSPS) is 16.3. The molecule has 30 heavy (non-hydrogen) atoms. The highest BCUT2D eigenvalue weighted by Crippen LogP contribution is 2.30. The van der Waals surface area contributed by atoms with Gasteiger partial charge in [-0.05, 0) is 51.0 Å². The van der Waals surface area contributed by atoms with E-state index in [0.29, 0.717) is 30.1 Å². The Bertz CT molecular complexity index is 918. The van der Waals surface area contributed by atoms with Gasteiger partial charge in [-0.25, -0.2) is 19.6 Å². The lowest BCUT2D eigenvalue weighted by Gasteiger charge is -2.32. The standard InChI is InChI=1S/C21H27N5O4/c1-13(2)30-18-7-6-14(19(27)29-3)11-17(18)25-21(28)26-10-4-5-15(12-26)16-8-9-23-20(22)24-16/h6-9,11,13,15H,4-5,10,12H2,1-3H3,(H,25,28)(H2,22,23,24)/t15-/m0/s1. The van der Waals surface area contributed by atoms with Gasteiger partial charge in [0.15, 0.2) is 0 Å². The average Bonchev–Trinajstić information content (AvgIpc) is 2.74. The maximum absolute atomic E-state index is 13.0. The number of benzene rings is 1. The van der Waals surface area contributed by atoms with Crippen LogP contribution in [0.1, 0.15) is 48.7 Å². The number of nitrogens with zero attached hydrogens (tertiary/aromatic N) is 3. The van der Waals surface area contributed by atoms with E-state index in [9.17, 15) is 9.59 Å². The molecule has 1 aromatic heterocycles. The Balaban J connectivity index is 1.77. The molecule has 0 saturated carbocycles. The topological polar surface area (TPSA) is 120 Å². The number of rotatable bonds is 5. The first-order valence-corrected chi connectivity index (χ1v) is 9.90. The van der Waals surface area contributed by atoms with Gasteiger partial charge in [0.25, 0.3) is 0 Å². The molecule has 9 nitrogen and oxygen atoms in total. The summed E-state index contributed by atoms with van der Waals surface area (Å²) in [6.07, 6.45) is 3.30. The molecule has 0 unspecified atom stereocenters. The summed E-state index contributed by atoms with van der Waals surface area (Å²) in [5.41, 5.74) is 7.28. The molecule has 2 heterocycles. The third-order valence-corrected chi connectivity index (χ3v) is 4.83. The summed E-state index contributed by atoms with van der Waals surface area (Å²) in [5, 5.41) is 2.89. The van der Waals surface area contributed by atoms with Crippen LogP contribution in [0.25, 0.3) is 0 Å². The van der Waals surface area contributed by atoms with Crippen molar-refractivity contribution in [2.24, 2.45) is 0 Å². The molecule has 9 heteroatoms. The largest absolute Gasteiger partial charge is 0.489 e. The van der Waals surface area contributed by atoms with Crippen molar-refractivity contribution in [3.8, 4) is 5.75 Å². The zero-order chi connectivity index (χ0) is 21.7. The van der Waals surface area contributed by atoms with Gasteiger partial charge >= 0.3 is 12.0 Å². The van der Waals surface area contributed by atoms with Gasteiger partial charge < -0.3 is 25.4 Å². The lowest BCUT2D eigenvalue weighted by Crippen LogP contribution is -2.42. The molecular formula is C21H27N5O4. The Hall–Kier alpha value is -3.36. The summed E-state index contributed by atoms with van der Waals surface area (Å²) >= 11 is 0. The van der Waals surface area contributed by atoms with Crippen LogP contribution in [-0.4, -0.2) is 53.2 Å². The number of urea groups is 1. The van der Waals surface area contributed by atoms with Gasteiger partial charge in [0.1, 0.15) is 5.75 Å². The average molecular weight is 413 g/mol. The molecule has 0 aliphatic carbocycles. The van der Waals surface area contributed by atoms with E-state index in [1.807, 2.05) is 19.9 Å². The Morgan fingerprint density at radius 1 is 1.30 bits per heavy atom. The molecule has 1 fully saturated rings. The van der Waals surface area contributed by atoms with Crippen LogP contribution < -0.4 is 15.8 Å². The highest BCUT2D eigenvalue weighted by molar-refractivity contribution is 5.95. The molecule has 1 saturated heterocycles. The number of esters is 1. The number of nitrogens with one attached hydrogen (secondary N) is 1. The monoisotopic (exact) mass is 413 g/mol. The number of likely N-dealkylation sites (tertiary alicyclic amines) is 1. The van der Waals surface area contributed by atoms with E-state index in [0.717, 1.165) is 18.5 Å². The second kappa shape index (κ2) is 9.43. The molecule has 2 amide bonds. The molecule has 0 spiro atoms. The number of carbonyl (C=O) groups is 2. The number of anilines is 2. The Morgan fingerprint density at radius 3 is 2.80 bits per heavy atom. The molecule has 1 aromatic carbocycles. The molecule has 1 atom stereocenters. The van der Waals surface area contributed by atoms with Gasteiger partial charge in [-0.1, -0.05) is 0 Å². The van der Waals surface area contributed by atoms with Gasteiger partial charge in [0, 0.05) is 25.2 Å². The fourth-order valence-electron chi connectivity index (χ4n) is 3.44. The third kappa shape index (κ3) is 5.16. The van der Waals surface area contributed by atoms with Crippen LogP contribution in [0.15, 0.2) is 30.5 Å². The number of piperidine rings is 1. The van der Waals surface area contributed by atoms with Crippen LogP contribution in [0.4, 0.5) is 16.4 Å². The summed E-state index contributed by atoms with van der Waals surface area (Å²) in [6.45, 7) is 4.92. The van der Waals surface area contributed by atoms with Crippen LogP contribution >= 0.6 is 0 Å². The SMILES string of the molecule is COC(=O)c1ccc(OC(C)C)c(NC(=O)N2CCC[C@H](c3ccnc(N)n3)C2)c1. The lowest BCUT2D eigenvalue weighted by atomic mass is 9.95. The molecule has 1 aliphatic rings. The van der Waals surface area contributed by atoms with Crippen molar-refractivity contribution < 1.29 is 19.1 Å². The van der Waals surface area contributed by atoms with Crippen molar-refractivity contribution in [1.29, 1.82) is 0 Å². The fourth-order valence-corrected chi connectivity index (χ4v) is 3.44. The van der Waals surface area contributed by atoms with Crippen molar-refractivity contribution >= 4 is 23.6 Å². The maximum Gasteiger partial charge on any atom is 0.337 e. The molecular weight excluding hydrogens is 386 g/mol. The van der Waals surface area contributed by atoms with Crippen LogP contribution in [-0.2, 0) is 4.74 Å². The number of methoxy groups -OCH3 is 1. The van der Waals surface area contributed by atoms with E-state index < -0.39 is 5.97 Å². The molecule has 2 aromatic rings. The number of nitrogens with two attached hydrogens (primary N) is 1. The van der Waals surface area contributed by atoms with Crippen LogP contribution in [0, 0.1) is 0 Å². The van der Waals surface area contributed by atoms with Crippen molar-refractivity contribution in [2.75, 3.05) is 31.2 Å². The number of aromatic nitrogens is 2. The second-order valence-corrected chi connectivity index (χ2v) is 7.42. The quantitative estimate of drug-likeness (QED) is 0.723. The first kappa shape index (κ1) is 21.4. The number of carbonyl (C=O) groups excluding carboxylic acids is 2. The Morgan fingerprint density at radius 2 is 2.10 bits per heavy atom. The zero-order valence-electron chi connectivity index (χ0n) is 17.4. The summed E-state index contributed by atoms with van der Waals surface area (Å²) in [5.74, 6) is 0.316. The summed E-state index contributed by atoms with van der Waals surface area (Å²) in [4.78, 5) is 34.9. The predicted octanol–water partition coefficient (Wildman–Crippen LogP) is 3.04. The first-order valence-electron chi connectivity index (χ1n) is 9.90. The Kier molecular flexibility index (Phi) is 6.71. The minimum Gasteiger partial charge on any atom is -0.489 e. The minimum atomic E-state index is -0.485. The predicted molar refractivity (Wildman–Crippen MR) is 113 cm³/mol.